The maximum Gasteiger partial charge on any atom is 0.103 e. The first-order valence-electron chi connectivity index (χ1n) is 4.54. The number of rotatable bonds is 3. The maximum atomic E-state index is 4.51. The van der Waals surface area contributed by atoms with Gasteiger partial charge in [0.15, 0.2) is 0 Å². The van der Waals surface area contributed by atoms with Gasteiger partial charge in [0.25, 0.3) is 0 Å². The number of nitrogens with zero attached hydrogens (tertiary/aromatic N) is 2. The van der Waals surface area contributed by atoms with Gasteiger partial charge in [0.05, 0.1) is 0 Å². The minimum Gasteiger partial charge on any atom is -0.340 e. The molecule has 0 aliphatic heterocycles. The van der Waals surface area contributed by atoms with E-state index < -0.39 is 0 Å². The molecular formula is C10H20N2. The summed E-state index contributed by atoms with van der Waals surface area (Å²) in [4.78, 5) is 6.57. The average molecular weight is 168 g/mol. The number of allylic oxidation sites excluding steroid dienone is 1. The fourth-order valence-electron chi connectivity index (χ4n) is 1.04. The molecule has 0 unspecified atom stereocenters. The van der Waals surface area contributed by atoms with Crippen LogP contribution in [0.2, 0.25) is 0 Å². The Morgan fingerprint density at radius 3 is 2.42 bits per heavy atom. The zero-order chi connectivity index (χ0) is 9.56. The molecule has 0 radical (unpaired) electrons. The van der Waals surface area contributed by atoms with E-state index >= 15 is 0 Å². The number of aliphatic imine (C=N–C) groups is 1. The Morgan fingerprint density at radius 1 is 1.50 bits per heavy atom. The molecule has 0 amide bonds. The number of hydrogen-bond acceptors (Lipinski definition) is 1. The molecule has 12 heavy (non-hydrogen) atoms. The molecular weight excluding hydrogens is 148 g/mol. The molecule has 0 aliphatic carbocycles. The molecule has 0 aromatic heterocycles. The number of amidine groups is 1. The second-order valence-corrected chi connectivity index (χ2v) is 3.09. The zero-order valence-corrected chi connectivity index (χ0v) is 8.83. The molecule has 0 N–H and O–H groups in total. The van der Waals surface area contributed by atoms with E-state index in [0.29, 0.717) is 6.04 Å². The largest absolute Gasteiger partial charge is 0.340 e. The van der Waals surface area contributed by atoms with E-state index in [1.165, 1.54) is 0 Å². The summed E-state index contributed by atoms with van der Waals surface area (Å²) in [5.41, 5.74) is 0. The van der Waals surface area contributed by atoms with Crippen LogP contribution in [0, 0.1) is 0 Å². The van der Waals surface area contributed by atoms with Gasteiger partial charge in [-0.1, -0.05) is 13.0 Å². The van der Waals surface area contributed by atoms with E-state index in [0.717, 1.165) is 12.3 Å². The second kappa shape index (κ2) is 5.81. The van der Waals surface area contributed by atoms with Gasteiger partial charge in [-0.05, 0) is 20.8 Å². The lowest BCUT2D eigenvalue weighted by molar-refractivity contribution is 0.649. The predicted octanol–water partition coefficient (Wildman–Crippen LogP) is 2.67. The van der Waals surface area contributed by atoms with Crippen LogP contribution in [0.1, 0.15) is 34.1 Å². The predicted molar refractivity (Wildman–Crippen MR) is 55.4 cm³/mol. The molecule has 70 valence electrons. The molecule has 0 fully saturated rings. The Hall–Kier alpha value is -0.790. The van der Waals surface area contributed by atoms with Gasteiger partial charge in [-0.2, -0.15) is 0 Å². The van der Waals surface area contributed by atoms with E-state index in [9.17, 15) is 0 Å². The van der Waals surface area contributed by atoms with Crippen LogP contribution in [0.15, 0.2) is 17.3 Å². The van der Waals surface area contributed by atoms with Crippen LogP contribution in [-0.2, 0) is 0 Å². The normalized spacial score (nSPS) is 13.0. The van der Waals surface area contributed by atoms with Crippen LogP contribution in [0.5, 0.6) is 0 Å². The van der Waals surface area contributed by atoms with Gasteiger partial charge in [0, 0.05) is 25.7 Å². The van der Waals surface area contributed by atoms with E-state index in [2.05, 4.69) is 30.7 Å². The van der Waals surface area contributed by atoms with Crippen molar-refractivity contribution in [1.29, 1.82) is 0 Å². The van der Waals surface area contributed by atoms with Crippen LogP contribution in [-0.4, -0.2) is 23.8 Å². The van der Waals surface area contributed by atoms with E-state index in [4.69, 9.17) is 0 Å². The molecule has 0 aromatic carbocycles. The molecule has 0 heterocycles. The summed E-state index contributed by atoms with van der Waals surface area (Å²) < 4.78 is 0. The van der Waals surface area contributed by atoms with Crippen molar-refractivity contribution in [3.8, 4) is 0 Å². The second-order valence-electron chi connectivity index (χ2n) is 3.09. The van der Waals surface area contributed by atoms with Crippen molar-refractivity contribution >= 4 is 5.84 Å². The first-order valence-corrected chi connectivity index (χ1v) is 4.54. The molecule has 0 atom stereocenters. The van der Waals surface area contributed by atoms with Crippen molar-refractivity contribution in [2.45, 2.75) is 40.2 Å². The Morgan fingerprint density at radius 2 is 2.08 bits per heavy atom. The van der Waals surface area contributed by atoms with Crippen molar-refractivity contribution in [3.63, 3.8) is 0 Å². The third-order valence-corrected chi connectivity index (χ3v) is 1.50. The van der Waals surface area contributed by atoms with Gasteiger partial charge in [0.2, 0.25) is 0 Å². The zero-order valence-electron chi connectivity index (χ0n) is 8.83. The summed E-state index contributed by atoms with van der Waals surface area (Å²) in [7, 11) is 2.03. The van der Waals surface area contributed by atoms with Gasteiger partial charge in [-0.3, -0.25) is 4.99 Å². The van der Waals surface area contributed by atoms with Crippen LogP contribution in [0.25, 0.3) is 0 Å². The van der Waals surface area contributed by atoms with E-state index in [1.807, 2.05) is 26.2 Å². The Kier molecular flexibility index (Phi) is 5.43. The summed E-state index contributed by atoms with van der Waals surface area (Å²) >= 11 is 0. The van der Waals surface area contributed by atoms with Crippen LogP contribution >= 0.6 is 0 Å². The summed E-state index contributed by atoms with van der Waals surface area (Å²) in [6.07, 6.45) is 5.04. The maximum absolute atomic E-state index is 4.51. The lowest BCUT2D eigenvalue weighted by Crippen LogP contribution is -2.21. The highest BCUT2D eigenvalue weighted by Crippen LogP contribution is 1.98. The van der Waals surface area contributed by atoms with Crippen LogP contribution in [0.4, 0.5) is 0 Å². The topological polar surface area (TPSA) is 15.6 Å². The van der Waals surface area contributed by atoms with Crippen LogP contribution < -0.4 is 0 Å². The van der Waals surface area contributed by atoms with Crippen molar-refractivity contribution in [2.75, 3.05) is 7.05 Å². The Labute approximate surface area is 76.0 Å². The average Bonchev–Trinajstić information content (AvgIpc) is 2.00. The third-order valence-electron chi connectivity index (χ3n) is 1.50. The fraction of sp³-hybridized carbons (Fsp3) is 0.700. The molecule has 0 saturated carbocycles. The van der Waals surface area contributed by atoms with Gasteiger partial charge in [0.1, 0.15) is 5.84 Å². The fourth-order valence-corrected chi connectivity index (χ4v) is 1.04. The molecule has 2 heteroatoms. The first kappa shape index (κ1) is 11.2. The molecule has 2 nitrogen and oxygen atoms in total. The molecule has 0 rings (SSSR count). The molecule has 0 bridgehead atoms. The summed E-state index contributed by atoms with van der Waals surface area (Å²) in [5.74, 6) is 1.14. The first-order chi connectivity index (χ1) is 5.61. The molecule has 0 aromatic rings. The molecule has 0 saturated heterocycles. The Balaban J connectivity index is 4.33. The standard InChI is InChI=1S/C10H20N2/c1-6-8-12(5)10(7-2)11-9(3)4/h6,8-9H,7H2,1-5H3/b8-6-,11-10?. The van der Waals surface area contributed by atoms with Crippen molar-refractivity contribution in [2.24, 2.45) is 4.99 Å². The highest BCUT2D eigenvalue weighted by molar-refractivity contribution is 5.82. The van der Waals surface area contributed by atoms with Gasteiger partial charge >= 0.3 is 0 Å². The quantitative estimate of drug-likeness (QED) is 0.467. The summed E-state index contributed by atoms with van der Waals surface area (Å²) in [6, 6.07) is 0.382. The smallest absolute Gasteiger partial charge is 0.103 e. The third kappa shape index (κ3) is 4.16. The van der Waals surface area contributed by atoms with Gasteiger partial charge < -0.3 is 4.90 Å². The van der Waals surface area contributed by atoms with Crippen molar-refractivity contribution in [3.05, 3.63) is 12.3 Å². The lowest BCUT2D eigenvalue weighted by Gasteiger charge is -2.16. The highest BCUT2D eigenvalue weighted by Gasteiger charge is 2.00. The molecule has 0 aliphatic rings. The minimum absolute atomic E-state index is 0.382. The number of hydrogen-bond donors (Lipinski definition) is 0. The van der Waals surface area contributed by atoms with E-state index in [1.54, 1.807) is 0 Å². The minimum atomic E-state index is 0.382. The Bertz CT molecular complexity index is 169. The highest BCUT2D eigenvalue weighted by atomic mass is 15.1. The van der Waals surface area contributed by atoms with Gasteiger partial charge in [-0.15, -0.1) is 0 Å². The van der Waals surface area contributed by atoms with Crippen molar-refractivity contribution in [1.82, 2.24) is 4.90 Å². The SMILES string of the molecule is C/C=C\N(C)C(CC)=NC(C)C. The molecule has 0 spiro atoms. The van der Waals surface area contributed by atoms with Crippen LogP contribution in [0.3, 0.4) is 0 Å². The lowest BCUT2D eigenvalue weighted by atomic mass is 10.3. The van der Waals surface area contributed by atoms with E-state index in [-0.39, 0.29) is 0 Å². The summed E-state index contributed by atoms with van der Waals surface area (Å²) in [6.45, 7) is 8.33. The summed E-state index contributed by atoms with van der Waals surface area (Å²) in [5, 5.41) is 0. The van der Waals surface area contributed by atoms with Gasteiger partial charge in [-0.25, -0.2) is 0 Å². The van der Waals surface area contributed by atoms with Crippen molar-refractivity contribution < 1.29 is 0 Å². The monoisotopic (exact) mass is 168 g/mol.